The monoisotopic (exact) mass is 381 g/mol. The number of nitrogens with one attached hydrogen (secondary N) is 1. The maximum Gasteiger partial charge on any atom is 0.270 e. The van der Waals surface area contributed by atoms with Gasteiger partial charge in [-0.3, -0.25) is 9.59 Å². The van der Waals surface area contributed by atoms with Crippen LogP contribution in [0.2, 0.25) is 0 Å². The lowest BCUT2D eigenvalue weighted by atomic mass is 9.71. The Balaban J connectivity index is 1.46. The number of anilines is 1. The molecule has 2 heterocycles. The zero-order chi connectivity index (χ0) is 19.7. The lowest BCUT2D eigenvalue weighted by Gasteiger charge is -2.36. The summed E-state index contributed by atoms with van der Waals surface area (Å²) in [6.07, 6.45) is 4.00. The van der Waals surface area contributed by atoms with E-state index in [2.05, 4.69) is 10.3 Å². The lowest BCUT2D eigenvalue weighted by Crippen LogP contribution is -2.46. The van der Waals surface area contributed by atoms with Crippen molar-refractivity contribution < 1.29 is 14.0 Å². The molecule has 2 aromatic rings. The number of halogens is 1. The van der Waals surface area contributed by atoms with Crippen LogP contribution in [0.3, 0.4) is 0 Å². The summed E-state index contributed by atoms with van der Waals surface area (Å²) in [4.78, 5) is 31.8. The number of hydrogen-bond donors (Lipinski definition) is 1. The highest BCUT2D eigenvalue weighted by atomic mass is 19.1. The molecule has 1 spiro atoms. The fourth-order valence-corrected chi connectivity index (χ4v) is 4.52. The Morgan fingerprint density at radius 3 is 2.75 bits per heavy atom. The zero-order valence-electron chi connectivity index (χ0n) is 16.0. The molecule has 0 radical (unpaired) electrons. The van der Waals surface area contributed by atoms with Crippen molar-refractivity contribution in [3.8, 4) is 0 Å². The van der Waals surface area contributed by atoms with Gasteiger partial charge in [-0.15, -0.1) is 0 Å². The summed E-state index contributed by atoms with van der Waals surface area (Å²) in [5.41, 5.74) is 1.50. The van der Waals surface area contributed by atoms with E-state index in [0.29, 0.717) is 18.7 Å². The number of pyridine rings is 1. The van der Waals surface area contributed by atoms with Crippen molar-refractivity contribution >= 4 is 17.5 Å². The third kappa shape index (κ3) is 3.51. The molecule has 2 atom stereocenters. The predicted octanol–water partition coefficient (Wildman–Crippen LogP) is 3.62. The minimum atomic E-state index is -0.440. The number of rotatable bonds is 3. The molecule has 4 rings (SSSR count). The maximum atomic E-state index is 13.2. The van der Waals surface area contributed by atoms with Gasteiger partial charge >= 0.3 is 0 Å². The van der Waals surface area contributed by atoms with Gasteiger partial charge in [-0.2, -0.15) is 0 Å². The second-order valence-electron chi connectivity index (χ2n) is 7.89. The summed E-state index contributed by atoms with van der Waals surface area (Å²) >= 11 is 0. The smallest absolute Gasteiger partial charge is 0.270 e. The minimum absolute atomic E-state index is 0.0410. The first-order valence-corrected chi connectivity index (χ1v) is 9.79. The number of benzene rings is 1. The van der Waals surface area contributed by atoms with Gasteiger partial charge in [0.1, 0.15) is 11.5 Å². The Bertz CT molecular complexity index is 899. The Labute approximate surface area is 164 Å². The third-order valence-corrected chi connectivity index (χ3v) is 5.95. The molecule has 1 unspecified atom stereocenters. The molecule has 1 aliphatic carbocycles. The molecule has 2 fully saturated rings. The Morgan fingerprint density at radius 2 is 2.00 bits per heavy atom. The number of carbonyl (C=O) groups is 2. The van der Waals surface area contributed by atoms with Crippen LogP contribution in [-0.2, 0) is 4.79 Å². The first kappa shape index (κ1) is 18.6. The van der Waals surface area contributed by atoms with Crippen molar-refractivity contribution in [1.82, 2.24) is 10.3 Å². The van der Waals surface area contributed by atoms with Crippen LogP contribution < -0.4 is 10.2 Å². The number of aryl methyl sites for hydroxylation is 1. The summed E-state index contributed by atoms with van der Waals surface area (Å²) < 4.78 is 13.2. The van der Waals surface area contributed by atoms with Gasteiger partial charge in [-0.05, 0) is 69.0 Å². The molecule has 2 aliphatic rings. The largest absolute Gasteiger partial charge is 0.348 e. The topological polar surface area (TPSA) is 62.3 Å². The van der Waals surface area contributed by atoms with Crippen molar-refractivity contribution in [2.24, 2.45) is 5.41 Å². The van der Waals surface area contributed by atoms with Gasteiger partial charge in [-0.25, -0.2) is 9.37 Å². The Hall–Kier alpha value is -2.76. The SMILES string of the molecule is Cc1cccc(C(=O)N[C@H]2CCCC3(CCN(c4ccc(F)cc4)C3=O)C2)n1. The number of hydrogen-bond acceptors (Lipinski definition) is 3. The van der Waals surface area contributed by atoms with Gasteiger partial charge in [-0.1, -0.05) is 12.5 Å². The molecule has 0 bridgehead atoms. The number of nitrogens with zero attached hydrogens (tertiary/aromatic N) is 2. The van der Waals surface area contributed by atoms with E-state index in [0.717, 1.165) is 37.1 Å². The van der Waals surface area contributed by atoms with Crippen molar-refractivity contribution in [2.45, 2.75) is 45.1 Å². The van der Waals surface area contributed by atoms with Crippen LogP contribution in [0.15, 0.2) is 42.5 Å². The standard InChI is InChI=1S/C22H24FN3O2/c1-15-4-2-6-19(24-15)20(27)25-17-5-3-11-22(14-17)12-13-26(21(22)28)18-9-7-16(23)8-10-18/h2,4,6-10,17H,3,5,11-14H2,1H3,(H,25,27)/t17-,22?/m0/s1. The van der Waals surface area contributed by atoms with E-state index < -0.39 is 5.41 Å². The summed E-state index contributed by atoms with van der Waals surface area (Å²) in [6.45, 7) is 2.48. The molecule has 28 heavy (non-hydrogen) atoms. The summed E-state index contributed by atoms with van der Waals surface area (Å²) in [5, 5.41) is 3.07. The normalized spacial score (nSPS) is 24.6. The molecule has 5 nitrogen and oxygen atoms in total. The second-order valence-corrected chi connectivity index (χ2v) is 7.89. The van der Waals surface area contributed by atoms with Crippen LogP contribution in [0.25, 0.3) is 0 Å². The molecule has 1 aromatic heterocycles. The van der Waals surface area contributed by atoms with Crippen LogP contribution >= 0.6 is 0 Å². The van der Waals surface area contributed by atoms with Crippen LogP contribution in [0.1, 0.15) is 48.3 Å². The van der Waals surface area contributed by atoms with Gasteiger partial charge < -0.3 is 10.2 Å². The predicted molar refractivity (Wildman–Crippen MR) is 104 cm³/mol. The van der Waals surface area contributed by atoms with Crippen molar-refractivity contribution in [2.75, 3.05) is 11.4 Å². The van der Waals surface area contributed by atoms with Crippen molar-refractivity contribution in [3.63, 3.8) is 0 Å². The summed E-state index contributed by atoms with van der Waals surface area (Å²) in [7, 11) is 0. The molecular formula is C22H24FN3O2. The molecule has 1 aliphatic heterocycles. The highest BCUT2D eigenvalue weighted by Gasteiger charge is 2.49. The van der Waals surface area contributed by atoms with Crippen LogP contribution in [0, 0.1) is 18.2 Å². The van der Waals surface area contributed by atoms with E-state index in [1.165, 1.54) is 12.1 Å². The molecular weight excluding hydrogens is 357 g/mol. The van der Waals surface area contributed by atoms with Crippen LogP contribution in [0.4, 0.5) is 10.1 Å². The zero-order valence-corrected chi connectivity index (χ0v) is 16.0. The van der Waals surface area contributed by atoms with Gasteiger partial charge in [0.15, 0.2) is 0 Å². The Morgan fingerprint density at radius 1 is 1.21 bits per heavy atom. The van der Waals surface area contributed by atoms with E-state index in [4.69, 9.17) is 0 Å². The fourth-order valence-electron chi connectivity index (χ4n) is 4.52. The number of aromatic nitrogens is 1. The van der Waals surface area contributed by atoms with E-state index in [9.17, 15) is 14.0 Å². The average Bonchev–Trinajstić information content (AvgIpc) is 2.98. The van der Waals surface area contributed by atoms with Crippen LogP contribution in [-0.4, -0.2) is 29.4 Å². The first-order valence-electron chi connectivity index (χ1n) is 9.79. The molecule has 6 heteroatoms. The minimum Gasteiger partial charge on any atom is -0.348 e. The first-order chi connectivity index (χ1) is 13.5. The Kier molecular flexibility index (Phi) is 4.87. The second kappa shape index (κ2) is 7.34. The van der Waals surface area contributed by atoms with E-state index in [-0.39, 0.29) is 23.7 Å². The van der Waals surface area contributed by atoms with Gasteiger partial charge in [0, 0.05) is 24.0 Å². The molecule has 146 valence electrons. The maximum absolute atomic E-state index is 13.2. The van der Waals surface area contributed by atoms with E-state index in [1.807, 2.05) is 19.1 Å². The molecule has 1 N–H and O–H groups in total. The lowest BCUT2D eigenvalue weighted by molar-refractivity contribution is -0.127. The van der Waals surface area contributed by atoms with Crippen molar-refractivity contribution in [1.29, 1.82) is 0 Å². The molecule has 2 amide bonds. The highest BCUT2D eigenvalue weighted by molar-refractivity contribution is 6.00. The summed E-state index contributed by atoms with van der Waals surface area (Å²) in [5.74, 6) is -0.409. The number of amides is 2. The average molecular weight is 381 g/mol. The summed E-state index contributed by atoms with van der Waals surface area (Å²) in [6, 6.07) is 11.4. The van der Waals surface area contributed by atoms with Gasteiger partial charge in [0.2, 0.25) is 5.91 Å². The van der Waals surface area contributed by atoms with Crippen LogP contribution in [0.5, 0.6) is 0 Å². The van der Waals surface area contributed by atoms with E-state index in [1.54, 1.807) is 23.1 Å². The number of carbonyl (C=O) groups excluding carboxylic acids is 2. The van der Waals surface area contributed by atoms with E-state index >= 15 is 0 Å². The third-order valence-electron chi connectivity index (χ3n) is 5.95. The van der Waals surface area contributed by atoms with Gasteiger partial charge in [0.25, 0.3) is 5.91 Å². The molecule has 1 saturated carbocycles. The van der Waals surface area contributed by atoms with Gasteiger partial charge in [0.05, 0.1) is 5.41 Å². The highest BCUT2D eigenvalue weighted by Crippen LogP contribution is 2.46. The molecule has 1 aromatic carbocycles. The van der Waals surface area contributed by atoms with Crippen molar-refractivity contribution in [3.05, 3.63) is 59.7 Å². The fraction of sp³-hybridized carbons (Fsp3) is 0.409. The quantitative estimate of drug-likeness (QED) is 0.883. The molecule has 1 saturated heterocycles.